The van der Waals surface area contributed by atoms with E-state index in [1.165, 1.54) is 48.4 Å². The molecule has 4 nitrogen and oxygen atoms in total. The number of esters is 1. The molecule has 2 aromatic carbocycles. The van der Waals surface area contributed by atoms with Gasteiger partial charge in [0.05, 0.1) is 18.6 Å². The molecule has 2 aromatic rings. The van der Waals surface area contributed by atoms with Gasteiger partial charge in [-0.05, 0) is 100.0 Å². The second kappa shape index (κ2) is 9.82. The normalized spacial score (nSPS) is 20.2. The largest absolute Gasteiger partial charge is 0.490 e. The second-order valence-corrected chi connectivity index (χ2v) is 8.88. The Morgan fingerprint density at radius 2 is 1.70 bits per heavy atom. The molecule has 1 aliphatic heterocycles. The van der Waals surface area contributed by atoms with E-state index in [9.17, 15) is 4.79 Å². The summed E-state index contributed by atoms with van der Waals surface area (Å²) in [5.41, 5.74) is 1.33. The average Bonchev–Trinajstić information content (AvgIpc) is 2.79. The van der Waals surface area contributed by atoms with Gasteiger partial charge in [0.25, 0.3) is 0 Å². The number of likely N-dealkylation sites (tertiary alicyclic amines) is 1. The topological polar surface area (TPSA) is 38.8 Å². The molecular formula is C26H35NO3. The highest BCUT2D eigenvalue weighted by molar-refractivity contribution is 5.84. The van der Waals surface area contributed by atoms with E-state index in [1.54, 1.807) is 0 Å². The van der Waals surface area contributed by atoms with Gasteiger partial charge < -0.3 is 9.47 Å². The molecule has 0 spiro atoms. The molecule has 1 saturated heterocycles. The van der Waals surface area contributed by atoms with Gasteiger partial charge in [-0.1, -0.05) is 24.6 Å². The summed E-state index contributed by atoms with van der Waals surface area (Å²) in [6.07, 6.45) is 8.44. The summed E-state index contributed by atoms with van der Waals surface area (Å²) in [5, 5.41) is 2.50. The summed E-state index contributed by atoms with van der Waals surface area (Å²) in [5.74, 6) is 1.03. The lowest BCUT2D eigenvalue weighted by molar-refractivity contribution is -0.149. The first-order chi connectivity index (χ1) is 14.6. The highest BCUT2D eigenvalue weighted by Gasteiger charge is 2.28. The van der Waals surface area contributed by atoms with Crippen molar-refractivity contribution >= 4 is 16.7 Å². The van der Waals surface area contributed by atoms with Crippen LogP contribution < -0.4 is 4.74 Å². The Bertz CT molecular complexity index is 850. The van der Waals surface area contributed by atoms with Crippen LogP contribution in [-0.2, 0) is 9.53 Å². The van der Waals surface area contributed by atoms with Crippen LogP contribution in [-0.4, -0.2) is 36.7 Å². The molecule has 0 bridgehead atoms. The van der Waals surface area contributed by atoms with Crippen molar-refractivity contribution in [3.05, 3.63) is 42.0 Å². The van der Waals surface area contributed by atoms with Gasteiger partial charge in [-0.3, -0.25) is 9.69 Å². The van der Waals surface area contributed by atoms with E-state index >= 15 is 0 Å². The summed E-state index contributed by atoms with van der Waals surface area (Å²) >= 11 is 0. The molecule has 0 radical (unpaired) electrons. The molecule has 4 rings (SSSR count). The van der Waals surface area contributed by atoms with Crippen molar-refractivity contribution in [2.75, 3.05) is 19.7 Å². The standard InChI is InChI=1S/C26H35NO3/c1-3-29-26(28)20-13-15-27(16-14-20)19(2)21-9-10-23-18-25(12-11-22(23)17-21)30-24-7-5-4-6-8-24/h9-12,17-20,24H,3-8,13-16H2,1-2H3. The Kier molecular flexibility index (Phi) is 6.93. The first kappa shape index (κ1) is 21.2. The molecular weight excluding hydrogens is 374 g/mol. The maximum absolute atomic E-state index is 12.0. The predicted octanol–water partition coefficient (Wildman–Crippen LogP) is 5.89. The molecule has 0 aromatic heterocycles. The minimum atomic E-state index is -0.0261. The number of hydrogen-bond acceptors (Lipinski definition) is 4. The summed E-state index contributed by atoms with van der Waals surface area (Å²) < 4.78 is 11.4. The maximum atomic E-state index is 12.0. The number of ether oxygens (including phenoxy) is 2. The van der Waals surface area contributed by atoms with Gasteiger partial charge in [0.15, 0.2) is 0 Å². The van der Waals surface area contributed by atoms with E-state index in [2.05, 4.69) is 48.2 Å². The molecule has 1 atom stereocenters. The SMILES string of the molecule is CCOC(=O)C1CCN(C(C)c2ccc3cc(OC4CCCCC4)ccc3c2)CC1. The van der Waals surface area contributed by atoms with Crippen molar-refractivity contribution in [1.82, 2.24) is 4.90 Å². The summed E-state index contributed by atoms with van der Waals surface area (Å²) in [6, 6.07) is 13.6. The van der Waals surface area contributed by atoms with Gasteiger partial charge in [0, 0.05) is 6.04 Å². The molecule has 2 fully saturated rings. The van der Waals surface area contributed by atoms with E-state index < -0.39 is 0 Å². The molecule has 4 heteroatoms. The van der Waals surface area contributed by atoms with E-state index in [0.29, 0.717) is 18.8 Å². The monoisotopic (exact) mass is 409 g/mol. The van der Waals surface area contributed by atoms with Gasteiger partial charge in [-0.25, -0.2) is 0 Å². The first-order valence-corrected chi connectivity index (χ1v) is 11.7. The van der Waals surface area contributed by atoms with Crippen LogP contribution in [0.2, 0.25) is 0 Å². The average molecular weight is 410 g/mol. The Morgan fingerprint density at radius 1 is 1.00 bits per heavy atom. The quantitative estimate of drug-likeness (QED) is 0.558. The van der Waals surface area contributed by atoms with Gasteiger partial charge in [-0.15, -0.1) is 0 Å². The number of nitrogens with zero attached hydrogens (tertiary/aromatic N) is 1. The molecule has 162 valence electrons. The fraction of sp³-hybridized carbons (Fsp3) is 0.577. The van der Waals surface area contributed by atoms with E-state index in [0.717, 1.165) is 31.7 Å². The summed E-state index contributed by atoms with van der Waals surface area (Å²) in [6.45, 7) is 6.50. The minimum Gasteiger partial charge on any atom is -0.490 e. The van der Waals surface area contributed by atoms with Crippen LogP contribution in [0.15, 0.2) is 36.4 Å². The molecule has 2 aliphatic rings. The smallest absolute Gasteiger partial charge is 0.309 e. The van der Waals surface area contributed by atoms with Crippen LogP contribution in [0.25, 0.3) is 10.8 Å². The second-order valence-electron chi connectivity index (χ2n) is 8.88. The Hall–Kier alpha value is -2.07. The molecule has 1 saturated carbocycles. The lowest BCUT2D eigenvalue weighted by atomic mass is 9.94. The van der Waals surface area contributed by atoms with Crippen molar-refractivity contribution < 1.29 is 14.3 Å². The Morgan fingerprint density at radius 3 is 2.43 bits per heavy atom. The van der Waals surface area contributed by atoms with Crippen molar-refractivity contribution in [2.24, 2.45) is 5.92 Å². The number of rotatable bonds is 6. The fourth-order valence-corrected chi connectivity index (χ4v) is 4.94. The number of carbonyl (C=O) groups excluding carboxylic acids is 1. The number of fused-ring (bicyclic) bond motifs is 1. The van der Waals surface area contributed by atoms with Crippen molar-refractivity contribution in [3.8, 4) is 5.75 Å². The molecule has 30 heavy (non-hydrogen) atoms. The van der Waals surface area contributed by atoms with Crippen LogP contribution in [0.5, 0.6) is 5.75 Å². The van der Waals surface area contributed by atoms with Crippen molar-refractivity contribution in [1.29, 1.82) is 0 Å². The molecule has 1 aliphatic carbocycles. The van der Waals surface area contributed by atoms with Gasteiger partial charge in [-0.2, -0.15) is 0 Å². The Balaban J connectivity index is 1.39. The highest BCUT2D eigenvalue weighted by Crippen LogP contribution is 2.31. The third-order valence-corrected chi connectivity index (χ3v) is 6.87. The number of benzene rings is 2. The zero-order valence-electron chi connectivity index (χ0n) is 18.4. The maximum Gasteiger partial charge on any atom is 0.309 e. The van der Waals surface area contributed by atoms with Crippen LogP contribution in [0.1, 0.15) is 70.4 Å². The zero-order valence-corrected chi connectivity index (χ0v) is 18.4. The van der Waals surface area contributed by atoms with Gasteiger partial charge >= 0.3 is 5.97 Å². The number of piperidine rings is 1. The third kappa shape index (κ3) is 4.97. The number of hydrogen-bond donors (Lipinski definition) is 0. The van der Waals surface area contributed by atoms with Gasteiger partial charge in [0.1, 0.15) is 5.75 Å². The van der Waals surface area contributed by atoms with Gasteiger partial charge in [0.2, 0.25) is 0 Å². The molecule has 1 heterocycles. The first-order valence-electron chi connectivity index (χ1n) is 11.7. The zero-order chi connectivity index (χ0) is 20.9. The van der Waals surface area contributed by atoms with E-state index in [4.69, 9.17) is 9.47 Å². The predicted molar refractivity (Wildman–Crippen MR) is 121 cm³/mol. The molecule has 0 N–H and O–H groups in total. The lowest BCUT2D eigenvalue weighted by Crippen LogP contribution is -2.38. The third-order valence-electron chi connectivity index (χ3n) is 6.87. The molecule has 1 unspecified atom stereocenters. The van der Waals surface area contributed by atoms with Crippen molar-refractivity contribution in [2.45, 2.75) is 70.9 Å². The van der Waals surface area contributed by atoms with Crippen LogP contribution >= 0.6 is 0 Å². The summed E-state index contributed by atoms with van der Waals surface area (Å²) in [4.78, 5) is 14.5. The molecule has 0 amide bonds. The highest BCUT2D eigenvalue weighted by atomic mass is 16.5. The van der Waals surface area contributed by atoms with Crippen LogP contribution in [0.4, 0.5) is 0 Å². The lowest BCUT2D eigenvalue weighted by Gasteiger charge is -2.35. The minimum absolute atomic E-state index is 0.0261. The summed E-state index contributed by atoms with van der Waals surface area (Å²) in [7, 11) is 0. The van der Waals surface area contributed by atoms with Crippen LogP contribution in [0.3, 0.4) is 0 Å². The van der Waals surface area contributed by atoms with Crippen molar-refractivity contribution in [3.63, 3.8) is 0 Å². The fourth-order valence-electron chi connectivity index (χ4n) is 4.94. The van der Waals surface area contributed by atoms with E-state index in [1.807, 2.05) is 6.92 Å². The van der Waals surface area contributed by atoms with Crippen LogP contribution in [0, 0.1) is 5.92 Å². The number of carbonyl (C=O) groups is 1. The Labute approximate surface area is 180 Å². The van der Waals surface area contributed by atoms with E-state index in [-0.39, 0.29) is 11.9 Å².